The Morgan fingerprint density at radius 3 is 2.76 bits per heavy atom. The zero-order valence-corrected chi connectivity index (χ0v) is 18.1. The molecule has 0 saturated carbocycles. The van der Waals surface area contributed by atoms with Crippen molar-refractivity contribution >= 4 is 11.6 Å². The summed E-state index contributed by atoms with van der Waals surface area (Å²) in [5.41, 5.74) is 2.15. The van der Waals surface area contributed by atoms with Gasteiger partial charge in [0.25, 0.3) is 5.91 Å². The number of hydrogen-bond acceptors (Lipinski definition) is 7. The standard InChI is InChI=1S/C23H22FN7O2/c1-31-21(29-30-22(31)19-9-10-25-14-28-19)13-26-16-6-3-5-15(11-16)23(32)27-12-17-18(24)7-4-8-20(17)33-2/h3-11,14,26H,12-13H2,1-2H3,(H,27,32). The van der Waals surface area contributed by atoms with Crippen LogP contribution < -0.4 is 15.4 Å². The molecular formula is C23H22FN7O2. The zero-order chi connectivity index (χ0) is 23.2. The largest absolute Gasteiger partial charge is 0.496 e. The van der Waals surface area contributed by atoms with E-state index in [1.54, 1.807) is 42.6 Å². The number of nitrogens with zero attached hydrogens (tertiary/aromatic N) is 5. The Morgan fingerprint density at radius 1 is 1.12 bits per heavy atom. The van der Waals surface area contributed by atoms with E-state index in [9.17, 15) is 9.18 Å². The van der Waals surface area contributed by atoms with Crippen LogP contribution in [-0.2, 0) is 20.1 Å². The molecule has 9 nitrogen and oxygen atoms in total. The lowest BCUT2D eigenvalue weighted by Crippen LogP contribution is -2.23. The maximum atomic E-state index is 14.1. The molecule has 4 rings (SSSR count). The number of anilines is 1. The molecule has 0 aliphatic carbocycles. The minimum absolute atomic E-state index is 0.0110. The molecule has 0 aliphatic heterocycles. The topological polar surface area (TPSA) is 107 Å². The summed E-state index contributed by atoms with van der Waals surface area (Å²) in [5.74, 6) is 0.954. The Balaban J connectivity index is 1.41. The predicted molar refractivity (Wildman–Crippen MR) is 120 cm³/mol. The van der Waals surface area contributed by atoms with Crippen LogP contribution in [0.3, 0.4) is 0 Å². The molecule has 2 heterocycles. The highest BCUT2D eigenvalue weighted by molar-refractivity contribution is 5.95. The average Bonchev–Trinajstić information content (AvgIpc) is 3.22. The third-order valence-corrected chi connectivity index (χ3v) is 5.07. The van der Waals surface area contributed by atoms with Crippen LogP contribution in [0.25, 0.3) is 11.5 Å². The third kappa shape index (κ3) is 4.95. The number of ether oxygens (including phenoxy) is 1. The molecule has 0 aliphatic rings. The molecule has 0 bridgehead atoms. The third-order valence-electron chi connectivity index (χ3n) is 5.07. The van der Waals surface area contributed by atoms with E-state index in [4.69, 9.17) is 4.74 Å². The number of rotatable bonds is 8. The van der Waals surface area contributed by atoms with E-state index in [0.29, 0.717) is 40.8 Å². The first-order valence-corrected chi connectivity index (χ1v) is 10.1. The fourth-order valence-corrected chi connectivity index (χ4v) is 3.29. The quantitative estimate of drug-likeness (QED) is 0.428. The van der Waals surface area contributed by atoms with Crippen LogP contribution in [0.1, 0.15) is 21.7 Å². The number of benzene rings is 2. The first kappa shape index (κ1) is 21.9. The van der Waals surface area contributed by atoms with E-state index in [0.717, 1.165) is 5.69 Å². The van der Waals surface area contributed by atoms with Crippen molar-refractivity contribution < 1.29 is 13.9 Å². The summed E-state index contributed by atoms with van der Waals surface area (Å²) in [5, 5.41) is 14.4. The monoisotopic (exact) mass is 447 g/mol. The van der Waals surface area contributed by atoms with Gasteiger partial charge in [0.15, 0.2) is 11.6 Å². The Hall–Kier alpha value is -4.34. The van der Waals surface area contributed by atoms with Gasteiger partial charge in [-0.1, -0.05) is 12.1 Å². The van der Waals surface area contributed by atoms with E-state index in [2.05, 4.69) is 30.8 Å². The molecule has 33 heavy (non-hydrogen) atoms. The summed E-state index contributed by atoms with van der Waals surface area (Å²) in [4.78, 5) is 20.7. The molecule has 4 aromatic rings. The van der Waals surface area contributed by atoms with Gasteiger partial charge in [-0.3, -0.25) is 4.79 Å². The Morgan fingerprint density at radius 2 is 1.97 bits per heavy atom. The summed E-state index contributed by atoms with van der Waals surface area (Å²) < 4.78 is 21.1. The molecule has 0 atom stereocenters. The molecule has 0 fully saturated rings. The lowest BCUT2D eigenvalue weighted by molar-refractivity contribution is 0.0950. The van der Waals surface area contributed by atoms with Crippen molar-refractivity contribution in [2.24, 2.45) is 7.05 Å². The zero-order valence-electron chi connectivity index (χ0n) is 18.1. The number of carbonyl (C=O) groups excluding carboxylic acids is 1. The smallest absolute Gasteiger partial charge is 0.251 e. The van der Waals surface area contributed by atoms with Crippen LogP contribution in [-0.4, -0.2) is 37.7 Å². The number of hydrogen-bond donors (Lipinski definition) is 2. The Labute approximate surface area is 189 Å². The predicted octanol–water partition coefficient (Wildman–Crippen LogP) is 2.96. The number of halogens is 1. The molecule has 0 saturated heterocycles. The van der Waals surface area contributed by atoms with E-state index in [1.165, 1.54) is 19.5 Å². The number of amides is 1. The average molecular weight is 447 g/mol. The van der Waals surface area contributed by atoms with Crippen molar-refractivity contribution in [3.05, 3.63) is 83.8 Å². The van der Waals surface area contributed by atoms with Crippen LogP contribution in [0.5, 0.6) is 5.75 Å². The van der Waals surface area contributed by atoms with Gasteiger partial charge in [-0.25, -0.2) is 14.4 Å². The van der Waals surface area contributed by atoms with E-state index in [1.807, 2.05) is 17.7 Å². The summed E-state index contributed by atoms with van der Waals surface area (Å²) in [7, 11) is 3.32. The molecule has 168 valence electrons. The molecule has 2 aromatic carbocycles. The first-order chi connectivity index (χ1) is 16.1. The van der Waals surface area contributed by atoms with E-state index < -0.39 is 5.82 Å². The first-order valence-electron chi connectivity index (χ1n) is 10.1. The SMILES string of the molecule is COc1cccc(F)c1CNC(=O)c1cccc(NCc2nnc(-c3ccncn3)n2C)c1. The van der Waals surface area contributed by atoms with Gasteiger partial charge in [0, 0.05) is 36.6 Å². The van der Waals surface area contributed by atoms with Gasteiger partial charge in [0.2, 0.25) is 0 Å². The molecule has 0 radical (unpaired) electrons. The maximum Gasteiger partial charge on any atom is 0.251 e. The van der Waals surface area contributed by atoms with Crippen LogP contribution in [0, 0.1) is 5.82 Å². The van der Waals surface area contributed by atoms with Gasteiger partial charge in [-0.2, -0.15) is 0 Å². The van der Waals surface area contributed by atoms with E-state index in [-0.39, 0.29) is 12.5 Å². The van der Waals surface area contributed by atoms with Crippen molar-refractivity contribution in [3.8, 4) is 17.3 Å². The fourth-order valence-electron chi connectivity index (χ4n) is 3.29. The van der Waals surface area contributed by atoms with Crippen LogP contribution >= 0.6 is 0 Å². The number of carbonyl (C=O) groups is 1. The highest BCUT2D eigenvalue weighted by Crippen LogP contribution is 2.21. The molecule has 0 unspecified atom stereocenters. The van der Waals surface area contributed by atoms with Gasteiger partial charge < -0.3 is 19.9 Å². The second kappa shape index (κ2) is 9.86. The molecule has 2 N–H and O–H groups in total. The normalized spacial score (nSPS) is 10.6. The molecule has 2 aromatic heterocycles. The Bertz CT molecular complexity index is 1260. The number of methoxy groups -OCH3 is 1. The summed E-state index contributed by atoms with van der Waals surface area (Å²) in [6.45, 7) is 0.406. The number of nitrogens with one attached hydrogen (secondary N) is 2. The summed E-state index contributed by atoms with van der Waals surface area (Å²) >= 11 is 0. The van der Waals surface area contributed by atoms with Crippen molar-refractivity contribution in [3.63, 3.8) is 0 Å². The molecule has 0 spiro atoms. The fraction of sp³-hybridized carbons (Fsp3) is 0.174. The lowest BCUT2D eigenvalue weighted by Gasteiger charge is -2.12. The lowest BCUT2D eigenvalue weighted by atomic mass is 10.1. The molecule has 10 heteroatoms. The minimum atomic E-state index is -0.435. The second-order valence-electron chi connectivity index (χ2n) is 7.13. The number of aromatic nitrogens is 5. The second-order valence-corrected chi connectivity index (χ2v) is 7.13. The maximum absolute atomic E-state index is 14.1. The Kier molecular flexibility index (Phi) is 6.53. The van der Waals surface area contributed by atoms with Gasteiger partial charge in [-0.15, -0.1) is 10.2 Å². The molecule has 1 amide bonds. The van der Waals surface area contributed by atoms with E-state index >= 15 is 0 Å². The van der Waals surface area contributed by atoms with Crippen molar-refractivity contribution in [1.82, 2.24) is 30.0 Å². The summed E-state index contributed by atoms with van der Waals surface area (Å²) in [6.07, 6.45) is 3.11. The van der Waals surface area contributed by atoms with Gasteiger partial charge in [-0.05, 0) is 36.4 Å². The molecular weight excluding hydrogens is 425 g/mol. The minimum Gasteiger partial charge on any atom is -0.496 e. The van der Waals surface area contributed by atoms with Crippen LogP contribution in [0.4, 0.5) is 10.1 Å². The van der Waals surface area contributed by atoms with Gasteiger partial charge in [0.05, 0.1) is 13.7 Å². The van der Waals surface area contributed by atoms with Gasteiger partial charge >= 0.3 is 0 Å². The van der Waals surface area contributed by atoms with Crippen molar-refractivity contribution in [2.75, 3.05) is 12.4 Å². The van der Waals surface area contributed by atoms with Crippen molar-refractivity contribution in [2.45, 2.75) is 13.1 Å². The van der Waals surface area contributed by atoms with Crippen LogP contribution in [0.2, 0.25) is 0 Å². The van der Waals surface area contributed by atoms with Gasteiger partial charge in [0.1, 0.15) is 23.6 Å². The highest BCUT2D eigenvalue weighted by Gasteiger charge is 2.13. The van der Waals surface area contributed by atoms with Crippen LogP contribution in [0.15, 0.2) is 61.1 Å². The van der Waals surface area contributed by atoms with Crippen molar-refractivity contribution in [1.29, 1.82) is 0 Å². The highest BCUT2D eigenvalue weighted by atomic mass is 19.1. The summed E-state index contributed by atoms with van der Waals surface area (Å²) in [6, 6.07) is 13.3.